The number of hydrogen-bond donors (Lipinski definition) is 2. The van der Waals surface area contributed by atoms with Gasteiger partial charge in [-0.25, -0.2) is 9.37 Å². The van der Waals surface area contributed by atoms with E-state index < -0.39 is 11.7 Å². The van der Waals surface area contributed by atoms with Crippen molar-refractivity contribution in [3.8, 4) is 5.75 Å². The van der Waals surface area contributed by atoms with Crippen LogP contribution in [0.4, 0.5) is 10.1 Å². The van der Waals surface area contributed by atoms with E-state index in [0.29, 0.717) is 0 Å². The minimum absolute atomic E-state index is 0.0474. The molecule has 1 amide bonds. The lowest BCUT2D eigenvalue weighted by Crippen LogP contribution is -2.14. The highest BCUT2D eigenvalue weighted by atomic mass is 35.5. The molecule has 1 aromatic carbocycles. The van der Waals surface area contributed by atoms with Crippen LogP contribution in [0, 0.1) is 5.82 Å². The summed E-state index contributed by atoms with van der Waals surface area (Å²) < 4.78 is 13.0. The van der Waals surface area contributed by atoms with E-state index in [0.717, 1.165) is 12.1 Å². The first-order valence-corrected chi connectivity index (χ1v) is 5.84. The summed E-state index contributed by atoms with van der Waals surface area (Å²) in [4.78, 5) is 15.6. The van der Waals surface area contributed by atoms with Crippen molar-refractivity contribution in [2.24, 2.45) is 0 Å². The van der Waals surface area contributed by atoms with Gasteiger partial charge >= 0.3 is 0 Å². The number of benzene rings is 1. The Balaban J connectivity index is 2.32. The zero-order chi connectivity index (χ0) is 14.0. The van der Waals surface area contributed by atoms with Gasteiger partial charge in [0.2, 0.25) is 0 Å². The highest BCUT2D eigenvalue weighted by molar-refractivity contribution is 6.40. The van der Waals surface area contributed by atoms with E-state index in [2.05, 4.69) is 10.3 Å². The van der Waals surface area contributed by atoms with Gasteiger partial charge in [-0.1, -0.05) is 23.2 Å². The van der Waals surface area contributed by atoms with Gasteiger partial charge in [-0.3, -0.25) is 4.79 Å². The molecule has 98 valence electrons. The van der Waals surface area contributed by atoms with Gasteiger partial charge in [-0.2, -0.15) is 0 Å². The molecule has 0 aliphatic rings. The fourth-order valence-corrected chi connectivity index (χ4v) is 1.96. The van der Waals surface area contributed by atoms with Gasteiger partial charge in [-0.05, 0) is 24.3 Å². The standard InChI is InChI=1S/C12H7Cl2FN2O2/c13-7-4-6(15)5-8(14)10(7)17-12(19)11-9(18)2-1-3-16-11/h1-5,18H,(H,17,19). The number of amides is 1. The van der Waals surface area contributed by atoms with E-state index >= 15 is 0 Å². The van der Waals surface area contributed by atoms with Gasteiger partial charge in [-0.15, -0.1) is 0 Å². The molecule has 0 unspecified atom stereocenters. The second-order valence-electron chi connectivity index (χ2n) is 3.57. The SMILES string of the molecule is O=C(Nc1c(Cl)cc(F)cc1Cl)c1ncccc1O. The van der Waals surface area contributed by atoms with Gasteiger partial charge in [0.15, 0.2) is 5.69 Å². The summed E-state index contributed by atoms with van der Waals surface area (Å²) in [7, 11) is 0. The average molecular weight is 301 g/mol. The molecule has 0 fully saturated rings. The molecular weight excluding hydrogens is 294 g/mol. The van der Waals surface area contributed by atoms with Crippen molar-refractivity contribution < 1.29 is 14.3 Å². The number of nitrogens with zero attached hydrogens (tertiary/aromatic N) is 1. The maximum absolute atomic E-state index is 13.0. The van der Waals surface area contributed by atoms with Gasteiger partial charge in [0.1, 0.15) is 11.6 Å². The molecule has 0 aliphatic carbocycles. The molecule has 2 rings (SSSR count). The van der Waals surface area contributed by atoms with Crippen LogP contribution in [0.15, 0.2) is 30.5 Å². The molecule has 0 aliphatic heterocycles. The van der Waals surface area contributed by atoms with E-state index in [1.54, 1.807) is 0 Å². The second kappa shape index (κ2) is 5.42. The Labute approximate surface area is 117 Å². The molecule has 0 saturated heterocycles. The minimum Gasteiger partial charge on any atom is -0.505 e. The number of aromatic nitrogens is 1. The number of aromatic hydroxyl groups is 1. The van der Waals surface area contributed by atoms with Crippen LogP contribution >= 0.6 is 23.2 Å². The number of hydrogen-bond acceptors (Lipinski definition) is 3. The number of nitrogens with one attached hydrogen (secondary N) is 1. The summed E-state index contributed by atoms with van der Waals surface area (Å²) in [5, 5.41) is 11.8. The molecule has 2 aromatic rings. The Morgan fingerprint density at radius 1 is 1.32 bits per heavy atom. The smallest absolute Gasteiger partial charge is 0.278 e. The molecule has 0 spiro atoms. The van der Waals surface area contributed by atoms with Crippen molar-refractivity contribution in [1.82, 2.24) is 4.98 Å². The van der Waals surface area contributed by atoms with Crippen molar-refractivity contribution in [2.45, 2.75) is 0 Å². The molecule has 2 N–H and O–H groups in total. The third-order valence-electron chi connectivity index (χ3n) is 2.25. The lowest BCUT2D eigenvalue weighted by molar-refractivity contribution is 0.101. The van der Waals surface area contributed by atoms with Crippen LogP contribution in [-0.2, 0) is 0 Å². The maximum Gasteiger partial charge on any atom is 0.278 e. The number of pyridine rings is 1. The molecule has 19 heavy (non-hydrogen) atoms. The third kappa shape index (κ3) is 2.94. The summed E-state index contributed by atoms with van der Waals surface area (Å²) in [6.45, 7) is 0. The normalized spacial score (nSPS) is 10.3. The van der Waals surface area contributed by atoms with E-state index in [1.807, 2.05) is 0 Å². The molecule has 1 heterocycles. The van der Waals surface area contributed by atoms with Crippen LogP contribution in [-0.4, -0.2) is 16.0 Å². The quantitative estimate of drug-likeness (QED) is 0.892. The van der Waals surface area contributed by atoms with Crippen molar-refractivity contribution >= 4 is 34.8 Å². The Morgan fingerprint density at radius 3 is 2.53 bits per heavy atom. The third-order valence-corrected chi connectivity index (χ3v) is 2.84. The summed E-state index contributed by atoms with van der Waals surface area (Å²) >= 11 is 11.6. The Hall–Kier alpha value is -1.85. The molecule has 0 bridgehead atoms. The van der Waals surface area contributed by atoms with Crippen LogP contribution in [0.2, 0.25) is 10.0 Å². The van der Waals surface area contributed by atoms with Crippen LogP contribution in [0.1, 0.15) is 10.5 Å². The zero-order valence-electron chi connectivity index (χ0n) is 9.32. The molecular formula is C12H7Cl2FN2O2. The highest BCUT2D eigenvalue weighted by Crippen LogP contribution is 2.32. The molecule has 4 nitrogen and oxygen atoms in total. The Kier molecular flexibility index (Phi) is 3.87. The summed E-state index contributed by atoms with van der Waals surface area (Å²) in [5.41, 5.74) is -0.126. The summed E-state index contributed by atoms with van der Waals surface area (Å²) in [5.74, 6) is -1.60. The van der Waals surface area contributed by atoms with Crippen LogP contribution in [0.3, 0.4) is 0 Å². The minimum atomic E-state index is -0.700. The van der Waals surface area contributed by atoms with Gasteiger partial charge in [0, 0.05) is 6.20 Å². The first-order valence-electron chi connectivity index (χ1n) is 5.09. The van der Waals surface area contributed by atoms with Crippen molar-refractivity contribution in [3.05, 3.63) is 52.0 Å². The van der Waals surface area contributed by atoms with E-state index in [4.69, 9.17) is 23.2 Å². The monoisotopic (exact) mass is 300 g/mol. The van der Waals surface area contributed by atoms with Crippen LogP contribution < -0.4 is 5.32 Å². The largest absolute Gasteiger partial charge is 0.505 e. The molecule has 0 atom stereocenters. The molecule has 0 radical (unpaired) electrons. The van der Waals surface area contributed by atoms with Crippen molar-refractivity contribution in [3.63, 3.8) is 0 Å². The number of rotatable bonds is 2. The Morgan fingerprint density at radius 2 is 1.95 bits per heavy atom. The van der Waals surface area contributed by atoms with Gasteiger partial charge < -0.3 is 10.4 Å². The van der Waals surface area contributed by atoms with E-state index in [9.17, 15) is 14.3 Å². The fraction of sp³-hybridized carbons (Fsp3) is 0. The lowest BCUT2D eigenvalue weighted by atomic mass is 10.2. The molecule has 0 saturated carbocycles. The van der Waals surface area contributed by atoms with Crippen LogP contribution in [0.5, 0.6) is 5.75 Å². The van der Waals surface area contributed by atoms with E-state index in [-0.39, 0.29) is 27.2 Å². The van der Waals surface area contributed by atoms with Crippen molar-refractivity contribution in [1.29, 1.82) is 0 Å². The predicted molar refractivity (Wildman–Crippen MR) is 70.3 cm³/mol. The summed E-state index contributed by atoms with van der Waals surface area (Å²) in [6.07, 6.45) is 1.35. The summed E-state index contributed by atoms with van der Waals surface area (Å²) in [6, 6.07) is 4.82. The fourth-order valence-electron chi connectivity index (χ4n) is 1.41. The maximum atomic E-state index is 13.0. The lowest BCUT2D eigenvalue weighted by Gasteiger charge is -2.09. The van der Waals surface area contributed by atoms with Gasteiger partial charge in [0.05, 0.1) is 15.7 Å². The highest BCUT2D eigenvalue weighted by Gasteiger charge is 2.16. The number of anilines is 1. The van der Waals surface area contributed by atoms with Crippen molar-refractivity contribution in [2.75, 3.05) is 5.32 Å². The second-order valence-corrected chi connectivity index (χ2v) is 4.38. The number of carbonyl (C=O) groups is 1. The zero-order valence-corrected chi connectivity index (χ0v) is 10.8. The van der Waals surface area contributed by atoms with E-state index in [1.165, 1.54) is 18.3 Å². The molecule has 1 aromatic heterocycles. The van der Waals surface area contributed by atoms with Gasteiger partial charge in [0.25, 0.3) is 5.91 Å². The average Bonchev–Trinajstić information content (AvgIpc) is 2.34. The predicted octanol–water partition coefficient (Wildman–Crippen LogP) is 3.49. The Bertz CT molecular complexity index is 626. The first kappa shape index (κ1) is 13.6. The topological polar surface area (TPSA) is 62.2 Å². The number of carbonyl (C=O) groups excluding carboxylic acids is 1. The first-order chi connectivity index (χ1) is 8.99. The molecule has 7 heteroatoms. The number of halogens is 3. The van der Waals surface area contributed by atoms with Crippen LogP contribution in [0.25, 0.3) is 0 Å².